The highest BCUT2D eigenvalue weighted by Gasteiger charge is 2.45. The van der Waals surface area contributed by atoms with Crippen LogP contribution in [0.1, 0.15) is 90.4 Å². The van der Waals surface area contributed by atoms with Crippen LogP contribution >= 0.6 is 23.2 Å². The zero-order valence-corrected chi connectivity index (χ0v) is 32.5. The third-order valence-corrected chi connectivity index (χ3v) is 9.05. The van der Waals surface area contributed by atoms with Gasteiger partial charge in [-0.05, 0) is 37.8 Å². The maximum Gasteiger partial charge on any atom is 0.249 e. The molecule has 1 aliphatic heterocycles. The summed E-state index contributed by atoms with van der Waals surface area (Å²) in [6.45, 7) is 14.0. The molecule has 0 aromatic heterocycles. The summed E-state index contributed by atoms with van der Waals surface area (Å²) >= 11 is 11.2. The van der Waals surface area contributed by atoms with E-state index in [2.05, 4.69) is 10.6 Å². The van der Waals surface area contributed by atoms with E-state index in [-0.39, 0.29) is 72.9 Å². The molecule has 4 atom stereocenters. The number of Topliss-reactive ketones (excluding diaryl/α,β-unsaturated/α-hetero) is 2. The fourth-order valence-corrected chi connectivity index (χ4v) is 5.30. The van der Waals surface area contributed by atoms with E-state index in [1.54, 1.807) is 27.7 Å². The van der Waals surface area contributed by atoms with Crippen LogP contribution in [0, 0.1) is 45.9 Å². The lowest BCUT2D eigenvalue weighted by Gasteiger charge is -2.44. The second-order valence-electron chi connectivity index (χ2n) is 15.2. The molecule has 0 aliphatic carbocycles. The second kappa shape index (κ2) is 18.9. The molecule has 2 aromatic carbocycles. The predicted molar refractivity (Wildman–Crippen MR) is 193 cm³/mol. The van der Waals surface area contributed by atoms with Crippen LogP contribution < -0.4 is 10.6 Å². The molecular formula is C37H50Cl2F4N2O8. The molecule has 2 amide bonds. The predicted octanol–water partition coefficient (Wildman–Crippen LogP) is 6.69. The minimum atomic E-state index is -1.41. The molecule has 16 heteroatoms. The van der Waals surface area contributed by atoms with Gasteiger partial charge in [-0.1, -0.05) is 64.7 Å². The van der Waals surface area contributed by atoms with Crippen LogP contribution in [0.25, 0.3) is 0 Å². The number of ketones is 2. The number of ether oxygens (including phenoxy) is 2. The Morgan fingerprint density at radius 3 is 1.72 bits per heavy atom. The molecule has 4 N–H and O–H groups in total. The second-order valence-corrected chi connectivity index (χ2v) is 16.0. The highest BCUT2D eigenvalue weighted by molar-refractivity contribution is 6.31. The van der Waals surface area contributed by atoms with Crippen LogP contribution in [0.3, 0.4) is 0 Å². The largest absolute Gasteiger partial charge is 0.396 e. The summed E-state index contributed by atoms with van der Waals surface area (Å²) in [5.74, 6) is -7.35. The quantitative estimate of drug-likeness (QED) is 0.0939. The molecule has 1 fully saturated rings. The van der Waals surface area contributed by atoms with E-state index in [0.29, 0.717) is 18.7 Å². The number of benzene rings is 2. The van der Waals surface area contributed by atoms with E-state index in [1.807, 2.05) is 13.8 Å². The normalized spacial score (nSPS) is 18.2. The molecule has 3 rings (SSSR count). The first-order valence-corrected chi connectivity index (χ1v) is 17.6. The number of aliphatic hydroxyl groups excluding tert-OH is 2. The first kappa shape index (κ1) is 46.0. The van der Waals surface area contributed by atoms with E-state index >= 15 is 0 Å². The van der Waals surface area contributed by atoms with E-state index in [9.17, 15) is 41.8 Å². The first-order valence-electron chi connectivity index (χ1n) is 16.8. The summed E-state index contributed by atoms with van der Waals surface area (Å²) in [5.41, 5.74) is -2.09. The van der Waals surface area contributed by atoms with Gasteiger partial charge in [0.1, 0.15) is 35.5 Å². The first-order chi connectivity index (χ1) is 24.3. The summed E-state index contributed by atoms with van der Waals surface area (Å²) in [7, 11) is 0. The van der Waals surface area contributed by atoms with Crippen molar-refractivity contribution < 1.29 is 57.9 Å². The summed E-state index contributed by atoms with van der Waals surface area (Å²) in [4.78, 5) is 48.9. The smallest absolute Gasteiger partial charge is 0.249 e. The summed E-state index contributed by atoms with van der Waals surface area (Å²) in [6.07, 6.45) is -2.23. The Labute approximate surface area is 318 Å². The number of rotatable bonds is 14. The number of hydrogen-bond donors (Lipinski definition) is 4. The van der Waals surface area contributed by atoms with Gasteiger partial charge < -0.3 is 30.3 Å². The maximum atomic E-state index is 13.8. The van der Waals surface area contributed by atoms with Crippen molar-refractivity contribution in [1.29, 1.82) is 0 Å². The Bertz CT molecular complexity index is 1660. The molecule has 2 aromatic rings. The van der Waals surface area contributed by atoms with Crippen LogP contribution in [0.5, 0.6) is 0 Å². The van der Waals surface area contributed by atoms with Crippen LogP contribution in [0.4, 0.5) is 17.6 Å². The number of hydrogen-bond acceptors (Lipinski definition) is 8. The molecule has 0 bridgehead atoms. The number of carbonyl (C=O) groups excluding carboxylic acids is 4. The van der Waals surface area contributed by atoms with Crippen molar-refractivity contribution in [2.75, 3.05) is 26.3 Å². The molecule has 298 valence electrons. The minimum Gasteiger partial charge on any atom is -0.396 e. The molecule has 0 saturated carbocycles. The summed E-state index contributed by atoms with van der Waals surface area (Å²) in [5, 5.41) is 23.6. The monoisotopic (exact) mass is 797 g/mol. The van der Waals surface area contributed by atoms with Crippen LogP contribution in [0.2, 0.25) is 10.0 Å². The Morgan fingerprint density at radius 1 is 0.849 bits per heavy atom. The lowest BCUT2D eigenvalue weighted by atomic mass is 9.85. The van der Waals surface area contributed by atoms with Crippen LogP contribution in [0.15, 0.2) is 24.3 Å². The summed E-state index contributed by atoms with van der Waals surface area (Å²) in [6, 6.07) is 3.07. The average Bonchev–Trinajstić information content (AvgIpc) is 3.06. The highest BCUT2D eigenvalue weighted by atomic mass is 35.5. The Kier molecular flexibility index (Phi) is 16.4. The molecule has 10 nitrogen and oxygen atoms in total. The fraction of sp³-hybridized carbons (Fsp3) is 0.568. The molecule has 0 spiro atoms. The van der Waals surface area contributed by atoms with Crippen molar-refractivity contribution in [2.24, 2.45) is 22.7 Å². The SMILES string of the molecule is C[C@@H](CNC(=O)[C@@H]1OC(C)(C)OCC1(C)C)CC(=O)c1cc(Cl)c(F)cc1F.C[C@@H](CNC(=O)[C@H](O)C(C)(C)CO)CC(=O)c1cc(Cl)c(F)cc1F.[2HH]. The van der Waals surface area contributed by atoms with Gasteiger partial charge in [0, 0.05) is 50.3 Å². The molecule has 0 radical (unpaired) electrons. The van der Waals surface area contributed by atoms with Gasteiger partial charge in [-0.2, -0.15) is 0 Å². The molecule has 1 aliphatic rings. The van der Waals surface area contributed by atoms with Gasteiger partial charge in [0.05, 0.1) is 34.4 Å². The molecule has 0 unspecified atom stereocenters. The number of amides is 2. The van der Waals surface area contributed by atoms with Gasteiger partial charge in [-0.3, -0.25) is 19.2 Å². The van der Waals surface area contributed by atoms with Crippen LogP contribution in [-0.2, 0) is 19.1 Å². The van der Waals surface area contributed by atoms with E-state index in [4.69, 9.17) is 37.8 Å². The standard InChI is InChI=1S/C20H26ClF2NO4.C17H22ClF2NO4.H2/c1-11(6-16(25)12-7-13(21)15(23)8-14(12)22)9-24-18(26)17-19(2,3)10-27-20(4,5)28-17;1-9(7-21-16(25)15(24)17(2,3)8-22)4-14(23)10-5-11(18)13(20)6-12(10)19;/h7-8,11,17H,6,9-10H2,1-5H3,(H,24,26);5-6,9,15,22,24H,4,7-8H2,1-3H3,(H,21,25);1H/t11-,17+;9-,15+;/m11./s1/i;;1+1. The van der Waals surface area contributed by atoms with Gasteiger partial charge in [0.2, 0.25) is 11.8 Å². The number of carbonyl (C=O) groups is 4. The maximum absolute atomic E-state index is 13.8. The lowest BCUT2D eigenvalue weighted by molar-refractivity contribution is -0.304. The van der Waals surface area contributed by atoms with Gasteiger partial charge in [-0.15, -0.1) is 0 Å². The number of nitrogens with one attached hydrogen (secondary N) is 2. The van der Waals surface area contributed by atoms with E-state index < -0.39 is 69.6 Å². The van der Waals surface area contributed by atoms with Crippen molar-refractivity contribution in [2.45, 2.75) is 86.2 Å². The Morgan fingerprint density at radius 2 is 1.28 bits per heavy atom. The summed E-state index contributed by atoms with van der Waals surface area (Å²) < 4.78 is 65.2. The lowest BCUT2D eigenvalue weighted by Crippen LogP contribution is -2.56. The van der Waals surface area contributed by atoms with Crippen molar-refractivity contribution in [3.05, 3.63) is 68.7 Å². The fourth-order valence-electron chi connectivity index (χ4n) is 4.97. The minimum absolute atomic E-state index is 0. The van der Waals surface area contributed by atoms with Gasteiger partial charge >= 0.3 is 0 Å². The average molecular weight is 799 g/mol. The van der Waals surface area contributed by atoms with Crippen molar-refractivity contribution in [3.8, 4) is 0 Å². The molecule has 1 heterocycles. The van der Waals surface area contributed by atoms with Crippen LogP contribution in [-0.4, -0.2) is 77.9 Å². The van der Waals surface area contributed by atoms with E-state index in [0.717, 1.165) is 12.1 Å². The van der Waals surface area contributed by atoms with Crippen molar-refractivity contribution >= 4 is 46.6 Å². The van der Waals surface area contributed by atoms with Gasteiger partial charge in [-0.25, -0.2) is 17.6 Å². The van der Waals surface area contributed by atoms with Gasteiger partial charge in [0.15, 0.2) is 17.4 Å². The van der Waals surface area contributed by atoms with Gasteiger partial charge in [0.25, 0.3) is 0 Å². The third-order valence-electron chi connectivity index (χ3n) is 8.48. The highest BCUT2D eigenvalue weighted by Crippen LogP contribution is 2.35. The zero-order chi connectivity index (χ0) is 40.6. The molecular weight excluding hydrogens is 747 g/mol. The number of aliphatic hydroxyl groups is 2. The molecule has 1 saturated heterocycles. The third kappa shape index (κ3) is 13.3. The topological polar surface area (TPSA) is 151 Å². The molecule has 53 heavy (non-hydrogen) atoms. The number of halogens is 6. The van der Waals surface area contributed by atoms with Crippen molar-refractivity contribution in [1.82, 2.24) is 10.6 Å². The zero-order valence-electron chi connectivity index (χ0n) is 31.0. The van der Waals surface area contributed by atoms with Crippen molar-refractivity contribution in [3.63, 3.8) is 0 Å². The Hall–Kier alpha value is -3.14. The Balaban J connectivity index is 0.000000534. The van der Waals surface area contributed by atoms with E-state index in [1.165, 1.54) is 13.8 Å².